The predicted octanol–water partition coefficient (Wildman–Crippen LogP) is 3.11. The molecule has 0 aromatic carbocycles. The summed E-state index contributed by atoms with van der Waals surface area (Å²) in [5, 5.41) is 5.71. The molecular weight excluding hydrogens is 341 g/mol. The first-order valence-corrected chi connectivity index (χ1v) is 8.49. The van der Waals surface area contributed by atoms with Crippen LogP contribution in [0.5, 0.6) is 0 Å². The first kappa shape index (κ1) is 17.0. The third-order valence-corrected chi connectivity index (χ3v) is 6.19. The van der Waals surface area contributed by atoms with Gasteiger partial charge in [0, 0.05) is 17.5 Å². The second-order valence-corrected chi connectivity index (χ2v) is 7.36. The van der Waals surface area contributed by atoms with Crippen LogP contribution in [0.4, 0.5) is 13.2 Å². The zero-order chi connectivity index (χ0) is 17.5. The van der Waals surface area contributed by atoms with Crippen molar-refractivity contribution < 1.29 is 22.8 Å². The summed E-state index contributed by atoms with van der Waals surface area (Å²) in [5.74, 6) is -0.732. The van der Waals surface area contributed by atoms with E-state index >= 15 is 0 Å². The maximum atomic E-state index is 12.6. The van der Waals surface area contributed by atoms with Gasteiger partial charge in [-0.15, -0.1) is 11.3 Å². The molecule has 1 aromatic heterocycles. The van der Waals surface area contributed by atoms with Crippen LogP contribution in [0.25, 0.3) is 0 Å². The highest BCUT2D eigenvalue weighted by molar-refractivity contribution is 7.14. The molecule has 2 amide bonds. The minimum atomic E-state index is -4.44. The van der Waals surface area contributed by atoms with Crippen LogP contribution in [0, 0.1) is 5.41 Å². The molecule has 130 valence electrons. The molecule has 2 N–H and O–H groups in total. The molecule has 24 heavy (non-hydrogen) atoms. The van der Waals surface area contributed by atoms with Gasteiger partial charge in [0.25, 0.3) is 5.91 Å². The molecule has 1 heterocycles. The molecule has 3 rings (SSSR count). The Bertz CT molecular complexity index is 679. The van der Waals surface area contributed by atoms with Gasteiger partial charge in [-0.25, -0.2) is 0 Å². The minimum Gasteiger partial charge on any atom is -0.349 e. The molecular formula is C16H17F3N2O2S. The van der Waals surface area contributed by atoms with Crippen molar-refractivity contribution in [1.29, 1.82) is 0 Å². The van der Waals surface area contributed by atoms with Crippen LogP contribution in [0.3, 0.4) is 0 Å². The van der Waals surface area contributed by atoms with Crippen molar-refractivity contribution in [2.24, 2.45) is 5.41 Å². The number of halogens is 3. The van der Waals surface area contributed by atoms with Gasteiger partial charge in [-0.2, -0.15) is 13.2 Å². The molecule has 1 aromatic rings. The summed E-state index contributed by atoms with van der Waals surface area (Å²) in [6.07, 6.45) is 0.154. The molecule has 2 aliphatic rings. The third kappa shape index (κ3) is 2.83. The SMILES string of the molecule is C=CC(=O)NC1CC(NC(=O)c2ccc(C(F)(F)F)s2)C12CCC2. The van der Waals surface area contributed by atoms with E-state index in [0.717, 1.165) is 25.3 Å². The average Bonchev–Trinajstić information content (AvgIpc) is 2.93. The van der Waals surface area contributed by atoms with Crippen LogP contribution in [-0.2, 0) is 11.0 Å². The zero-order valence-electron chi connectivity index (χ0n) is 12.8. The highest BCUT2D eigenvalue weighted by Crippen LogP contribution is 2.56. The minimum absolute atomic E-state index is 0.0175. The highest BCUT2D eigenvalue weighted by Gasteiger charge is 2.59. The van der Waals surface area contributed by atoms with Gasteiger partial charge in [-0.3, -0.25) is 9.59 Å². The predicted molar refractivity (Wildman–Crippen MR) is 83.6 cm³/mol. The Labute approximate surface area is 141 Å². The van der Waals surface area contributed by atoms with Crippen molar-refractivity contribution in [1.82, 2.24) is 10.6 Å². The summed E-state index contributed by atoms with van der Waals surface area (Å²) in [6, 6.07) is 1.99. The van der Waals surface area contributed by atoms with Crippen molar-refractivity contribution in [3.8, 4) is 0 Å². The van der Waals surface area contributed by atoms with Gasteiger partial charge >= 0.3 is 6.18 Å². The van der Waals surface area contributed by atoms with Crippen molar-refractivity contribution in [2.45, 2.75) is 43.9 Å². The second kappa shape index (κ2) is 5.91. The van der Waals surface area contributed by atoms with E-state index in [2.05, 4.69) is 17.2 Å². The summed E-state index contributed by atoms with van der Waals surface area (Å²) in [4.78, 5) is 23.0. The number of hydrogen-bond donors (Lipinski definition) is 2. The first-order valence-electron chi connectivity index (χ1n) is 7.67. The smallest absolute Gasteiger partial charge is 0.349 e. The molecule has 0 aliphatic heterocycles. The van der Waals surface area contributed by atoms with E-state index in [-0.39, 0.29) is 28.3 Å². The third-order valence-electron chi connectivity index (χ3n) is 5.06. The Morgan fingerprint density at radius 3 is 2.42 bits per heavy atom. The summed E-state index contributed by atoms with van der Waals surface area (Å²) >= 11 is 0.445. The molecule has 0 bridgehead atoms. The fraction of sp³-hybridized carbons (Fsp3) is 0.500. The standard InChI is InChI=1S/C16H17F3N2O2S/c1-2-13(22)20-10-8-11(15(10)6-3-7-15)21-14(23)9-4-5-12(24-9)16(17,18)19/h2,4-5,10-11H,1,3,6-8H2,(H,20,22)(H,21,23). The van der Waals surface area contributed by atoms with Crippen LogP contribution >= 0.6 is 11.3 Å². The summed E-state index contributed by atoms with van der Waals surface area (Å²) in [5.41, 5.74) is -0.168. The quantitative estimate of drug-likeness (QED) is 0.813. The van der Waals surface area contributed by atoms with Crippen molar-refractivity contribution >= 4 is 23.2 Å². The maximum Gasteiger partial charge on any atom is 0.425 e. The number of hydrogen-bond acceptors (Lipinski definition) is 3. The van der Waals surface area contributed by atoms with Gasteiger partial charge in [-0.05, 0) is 37.5 Å². The Kier molecular flexibility index (Phi) is 4.19. The average molecular weight is 358 g/mol. The van der Waals surface area contributed by atoms with E-state index in [0.29, 0.717) is 17.8 Å². The molecule has 8 heteroatoms. The van der Waals surface area contributed by atoms with Gasteiger partial charge in [-0.1, -0.05) is 13.0 Å². The number of carbonyl (C=O) groups excluding carboxylic acids is 2. The molecule has 2 atom stereocenters. The van der Waals surface area contributed by atoms with E-state index in [1.165, 1.54) is 12.1 Å². The second-order valence-electron chi connectivity index (χ2n) is 6.28. The van der Waals surface area contributed by atoms with Gasteiger partial charge in [0.2, 0.25) is 5.91 Å². The molecule has 0 saturated heterocycles. The van der Waals surface area contributed by atoms with Crippen molar-refractivity contribution in [3.63, 3.8) is 0 Å². The fourth-order valence-corrected chi connectivity index (χ4v) is 4.32. The Morgan fingerprint density at radius 1 is 1.25 bits per heavy atom. The molecule has 4 nitrogen and oxygen atoms in total. The Morgan fingerprint density at radius 2 is 1.92 bits per heavy atom. The number of thiophene rings is 1. The molecule has 2 saturated carbocycles. The monoisotopic (exact) mass is 358 g/mol. The van der Waals surface area contributed by atoms with Gasteiger partial charge < -0.3 is 10.6 Å². The topological polar surface area (TPSA) is 58.2 Å². The number of rotatable bonds is 4. The summed E-state index contributed by atoms with van der Waals surface area (Å²) < 4.78 is 37.9. The van der Waals surface area contributed by atoms with Crippen molar-refractivity contribution in [2.75, 3.05) is 0 Å². The molecule has 2 fully saturated rings. The normalized spacial score (nSPS) is 24.6. The van der Waals surface area contributed by atoms with Gasteiger partial charge in [0.1, 0.15) is 4.88 Å². The van der Waals surface area contributed by atoms with Crippen LogP contribution < -0.4 is 10.6 Å². The largest absolute Gasteiger partial charge is 0.425 e. The van der Waals surface area contributed by atoms with E-state index < -0.39 is 17.0 Å². The lowest BCUT2D eigenvalue weighted by molar-refractivity contribution is -0.134. The first-order chi connectivity index (χ1) is 11.3. The number of alkyl halides is 3. The van der Waals surface area contributed by atoms with E-state index in [1.54, 1.807) is 0 Å². The lowest BCUT2D eigenvalue weighted by Gasteiger charge is -2.61. The number of nitrogens with one attached hydrogen (secondary N) is 2. The summed E-state index contributed by atoms with van der Waals surface area (Å²) in [7, 11) is 0. The molecule has 0 radical (unpaired) electrons. The molecule has 2 aliphatic carbocycles. The zero-order valence-corrected chi connectivity index (χ0v) is 13.6. The lowest BCUT2D eigenvalue weighted by atomic mass is 9.50. The molecule has 1 spiro atoms. The van der Waals surface area contributed by atoms with Crippen LogP contribution in [0.1, 0.15) is 40.2 Å². The van der Waals surface area contributed by atoms with Gasteiger partial charge in [0.05, 0.1) is 4.88 Å². The van der Waals surface area contributed by atoms with E-state index in [9.17, 15) is 22.8 Å². The number of amides is 2. The lowest BCUT2D eigenvalue weighted by Crippen LogP contribution is -2.71. The van der Waals surface area contributed by atoms with Crippen molar-refractivity contribution in [3.05, 3.63) is 34.5 Å². The van der Waals surface area contributed by atoms with E-state index in [1.807, 2.05) is 0 Å². The Hall–Kier alpha value is -1.83. The highest BCUT2D eigenvalue weighted by atomic mass is 32.1. The Balaban J connectivity index is 1.64. The summed E-state index contributed by atoms with van der Waals surface area (Å²) in [6.45, 7) is 3.42. The molecule has 2 unspecified atom stereocenters. The van der Waals surface area contributed by atoms with Crippen LogP contribution in [-0.4, -0.2) is 23.9 Å². The van der Waals surface area contributed by atoms with Crippen LogP contribution in [0.2, 0.25) is 0 Å². The van der Waals surface area contributed by atoms with E-state index in [4.69, 9.17) is 0 Å². The maximum absolute atomic E-state index is 12.6. The van der Waals surface area contributed by atoms with Gasteiger partial charge in [0.15, 0.2) is 0 Å². The fourth-order valence-electron chi connectivity index (χ4n) is 3.55. The number of carbonyl (C=O) groups is 2. The van der Waals surface area contributed by atoms with Crippen LogP contribution in [0.15, 0.2) is 24.8 Å².